The molecule has 0 saturated heterocycles. The highest BCUT2D eigenvalue weighted by Crippen LogP contribution is 2.53. The van der Waals surface area contributed by atoms with Crippen molar-refractivity contribution in [2.75, 3.05) is 20.0 Å². The summed E-state index contributed by atoms with van der Waals surface area (Å²) < 4.78 is 8.72. The van der Waals surface area contributed by atoms with Crippen LogP contribution >= 0.6 is 0 Å². The summed E-state index contributed by atoms with van der Waals surface area (Å²) in [5.41, 5.74) is 15.2. The highest BCUT2D eigenvalue weighted by Gasteiger charge is 2.31. The summed E-state index contributed by atoms with van der Waals surface area (Å²) in [4.78, 5) is 19.7. The second-order valence-electron chi connectivity index (χ2n) is 21.4. The summed E-state index contributed by atoms with van der Waals surface area (Å²) in [6.45, 7) is 0. The molecule has 0 atom stereocenters. The molecular weight excluding hydrogens is 1080 g/mol. The first-order valence-corrected chi connectivity index (χ1v) is 29.2. The van der Waals surface area contributed by atoms with E-state index in [0.29, 0.717) is 0 Å². The predicted octanol–water partition coefficient (Wildman–Crippen LogP) is 18.4. The lowest BCUT2D eigenvalue weighted by molar-refractivity contribution is 0.814. The van der Waals surface area contributed by atoms with Crippen LogP contribution in [0.2, 0.25) is 0 Å². The van der Waals surface area contributed by atoms with Crippen molar-refractivity contribution in [1.82, 2.24) is 38.6 Å². The first-order valence-electron chi connectivity index (χ1n) is 29.2. The maximum atomic E-state index is 4.92. The van der Waals surface area contributed by atoms with Crippen LogP contribution in [0.15, 0.2) is 329 Å². The van der Waals surface area contributed by atoms with Gasteiger partial charge >= 0.3 is 0 Å². The zero-order valence-corrected chi connectivity index (χ0v) is 47.5. The molecule has 0 amide bonds. The lowest BCUT2D eigenvalue weighted by Crippen LogP contribution is -2.28. The van der Waals surface area contributed by atoms with E-state index in [1.54, 1.807) is 0 Å². The van der Waals surface area contributed by atoms with Crippen LogP contribution in [0.3, 0.4) is 0 Å². The van der Waals surface area contributed by atoms with E-state index in [4.69, 9.17) is 19.9 Å². The van der Waals surface area contributed by atoms with E-state index >= 15 is 0 Å². The number of hydrogen-bond donors (Lipinski definition) is 0. The van der Waals surface area contributed by atoms with Gasteiger partial charge in [-0.1, -0.05) is 218 Å². The van der Waals surface area contributed by atoms with E-state index in [1.165, 1.54) is 0 Å². The number of imidazole rings is 4. The zero-order chi connectivity index (χ0) is 58.3. The van der Waals surface area contributed by atoms with E-state index < -0.39 is 0 Å². The summed E-state index contributed by atoms with van der Waals surface area (Å²) >= 11 is 0. The Balaban J connectivity index is 1.09. The molecular formula is C76H54N12. The zero-order valence-electron chi connectivity index (χ0n) is 47.5. The number of nitrogens with zero attached hydrogens (tertiary/aromatic N) is 12. The van der Waals surface area contributed by atoms with Crippen molar-refractivity contribution in [1.29, 1.82) is 0 Å². The summed E-state index contributed by atoms with van der Waals surface area (Å²) in [6.07, 6.45) is 15.5. The van der Waals surface area contributed by atoms with Gasteiger partial charge in [-0.2, -0.15) is 0 Å². The number of anilines is 8. The highest BCUT2D eigenvalue weighted by molar-refractivity contribution is 6.32. The average molecular weight is 1140 g/mol. The molecule has 0 aliphatic heterocycles. The Labute approximate surface area is 508 Å². The molecule has 0 N–H and O–H groups in total. The normalized spacial score (nSPS) is 11.4. The van der Waals surface area contributed by atoms with Gasteiger partial charge in [-0.05, 0) is 60.7 Å². The molecule has 0 bridgehead atoms. The van der Waals surface area contributed by atoms with Crippen LogP contribution in [0.4, 0.5) is 45.5 Å². The number of hydrogen-bond acceptors (Lipinski definition) is 8. The van der Waals surface area contributed by atoms with Crippen molar-refractivity contribution >= 4 is 77.8 Å². The first-order chi connectivity index (χ1) is 43.7. The van der Waals surface area contributed by atoms with Crippen molar-refractivity contribution < 1.29 is 0 Å². The van der Waals surface area contributed by atoms with Gasteiger partial charge in [0.1, 0.15) is 25.3 Å². The van der Waals surface area contributed by atoms with E-state index in [2.05, 4.69) is 318 Å². The van der Waals surface area contributed by atoms with Gasteiger partial charge in [0.25, 0.3) is 0 Å². The minimum atomic E-state index is 0.911. The number of rotatable bonds is 16. The molecule has 0 radical (unpaired) electrons. The third-order valence-electron chi connectivity index (χ3n) is 16.3. The minimum absolute atomic E-state index is 0.911. The van der Waals surface area contributed by atoms with Crippen molar-refractivity contribution in [3.05, 3.63) is 329 Å². The van der Waals surface area contributed by atoms with Crippen molar-refractivity contribution in [2.24, 2.45) is 0 Å². The van der Waals surface area contributed by atoms with E-state index in [1.807, 2.05) is 50.1 Å². The summed E-state index contributed by atoms with van der Waals surface area (Å²) in [7, 11) is 0. The third-order valence-corrected chi connectivity index (χ3v) is 16.3. The molecule has 0 aliphatic rings. The standard InChI is InChI=1S/C76H54N12/c1-9-25-55(26-10-1)71-47-77-51-81(71)85(59-33-17-5-18-34-59)67-45-68(86(60-35-19-6-20-36-60)82-52-78-48-72(82)56-27-11-2-12-28-56)64-43-44-66-70(88(62-39-23-8-24-40-62)84-54-80-50-74(84)58-31-15-4-16-32-58)46-69(65-42-41-63(67)75(64)76(65)66)87(61-37-21-7-22-38-61)83-53-79-49-73(83)57-29-13-3-14-30-57/h1-54H. The Morgan fingerprint density at radius 2 is 0.409 bits per heavy atom. The van der Waals surface area contributed by atoms with Crippen molar-refractivity contribution in [3.8, 4) is 45.0 Å². The van der Waals surface area contributed by atoms with E-state index in [9.17, 15) is 0 Å². The lowest BCUT2D eigenvalue weighted by atomic mass is 9.90. The van der Waals surface area contributed by atoms with Gasteiger partial charge in [0.15, 0.2) is 0 Å². The van der Waals surface area contributed by atoms with Crippen LogP contribution in [-0.4, -0.2) is 38.6 Å². The van der Waals surface area contributed by atoms with E-state index in [0.717, 1.165) is 123 Å². The third kappa shape index (κ3) is 8.86. The molecule has 0 aliphatic carbocycles. The van der Waals surface area contributed by atoms with Gasteiger partial charge in [0.05, 0.1) is 93.1 Å². The largest absolute Gasteiger partial charge is 0.247 e. The molecule has 0 fully saturated rings. The second kappa shape index (κ2) is 22.0. The van der Waals surface area contributed by atoms with Crippen LogP contribution in [0.1, 0.15) is 0 Å². The van der Waals surface area contributed by atoms with E-state index in [-0.39, 0.29) is 0 Å². The molecule has 0 saturated carbocycles. The topological polar surface area (TPSA) is 84.2 Å². The average Bonchev–Trinajstić information content (AvgIpc) is 0.885. The number of benzene rings is 12. The maximum absolute atomic E-state index is 4.92. The molecule has 12 nitrogen and oxygen atoms in total. The fourth-order valence-electron chi connectivity index (χ4n) is 12.5. The maximum Gasteiger partial charge on any atom is 0.116 e. The Hall–Kier alpha value is -12.3. The van der Waals surface area contributed by atoms with Gasteiger partial charge in [-0.15, -0.1) is 0 Å². The molecule has 16 aromatic rings. The molecule has 4 aromatic heterocycles. The molecule has 4 heterocycles. The molecule has 88 heavy (non-hydrogen) atoms. The van der Waals surface area contributed by atoms with Crippen LogP contribution in [-0.2, 0) is 0 Å². The Kier molecular flexibility index (Phi) is 12.9. The molecule has 0 spiro atoms. The van der Waals surface area contributed by atoms with Crippen molar-refractivity contribution in [3.63, 3.8) is 0 Å². The molecule has 418 valence electrons. The quantitative estimate of drug-likeness (QED) is 0.0885. The van der Waals surface area contributed by atoms with Gasteiger partial charge < -0.3 is 0 Å². The van der Waals surface area contributed by atoms with Gasteiger partial charge in [0, 0.05) is 54.6 Å². The first kappa shape index (κ1) is 51.4. The van der Waals surface area contributed by atoms with Crippen LogP contribution in [0.5, 0.6) is 0 Å². The van der Waals surface area contributed by atoms with Crippen molar-refractivity contribution in [2.45, 2.75) is 0 Å². The Morgan fingerprint density at radius 3 is 0.614 bits per heavy atom. The van der Waals surface area contributed by atoms with Crippen LogP contribution in [0, 0.1) is 0 Å². The number of aromatic nitrogens is 8. The fourth-order valence-corrected chi connectivity index (χ4v) is 12.5. The molecule has 0 unspecified atom stereocenters. The second-order valence-corrected chi connectivity index (χ2v) is 21.4. The lowest BCUT2D eigenvalue weighted by Gasteiger charge is -2.35. The Bertz CT molecular complexity index is 4400. The molecule has 16 rings (SSSR count). The summed E-state index contributed by atoms with van der Waals surface area (Å²) in [5.74, 6) is 0. The SMILES string of the molecule is c1ccc(-c2cncn2N(c2ccccc2)c2cc(N(c3ccccc3)n3cncc3-c3ccccc3)c3ccc4c(N(c5ccccc5)n5cncc5-c5ccccc5)cc(N(c5ccccc5)n5cncc5-c5ccccc5)c5ccc2c3c54)cc1. The minimum Gasteiger partial charge on any atom is -0.247 e. The van der Waals surface area contributed by atoms with Crippen LogP contribution < -0.4 is 20.0 Å². The van der Waals surface area contributed by atoms with Gasteiger partial charge in [-0.3, -0.25) is 0 Å². The smallest absolute Gasteiger partial charge is 0.116 e. The van der Waals surface area contributed by atoms with Gasteiger partial charge in [-0.25, -0.2) is 58.7 Å². The summed E-state index contributed by atoms with van der Waals surface area (Å²) in [6, 6.07) is 98.3. The molecule has 12 aromatic carbocycles. The molecule has 12 heteroatoms. The summed E-state index contributed by atoms with van der Waals surface area (Å²) in [5, 5.41) is 15.4. The Morgan fingerprint density at radius 1 is 0.216 bits per heavy atom. The highest BCUT2D eigenvalue weighted by atomic mass is 15.6. The van der Waals surface area contributed by atoms with Gasteiger partial charge in [0.2, 0.25) is 0 Å². The fraction of sp³-hybridized carbons (Fsp3) is 0. The number of para-hydroxylation sites is 4. The predicted molar refractivity (Wildman–Crippen MR) is 357 cm³/mol. The van der Waals surface area contributed by atoms with Crippen LogP contribution in [0.25, 0.3) is 77.3 Å². The monoisotopic (exact) mass is 1130 g/mol.